The second-order valence-corrected chi connectivity index (χ2v) is 5.85. The topological polar surface area (TPSA) is 29.1 Å². The van der Waals surface area contributed by atoms with Crippen molar-refractivity contribution in [3.05, 3.63) is 29.3 Å². The molecule has 1 aliphatic carbocycles. The minimum Gasteiger partial charge on any atom is -0.326 e. The number of alkyl halides is 2. The van der Waals surface area contributed by atoms with Crippen LogP contribution in [0, 0.1) is 19.8 Å². The molecule has 1 amide bonds. The predicted octanol–water partition coefficient (Wildman–Crippen LogP) is 3.44. The molecule has 0 aliphatic heterocycles. The first-order chi connectivity index (χ1) is 7.40. The molecule has 0 heterocycles. The van der Waals surface area contributed by atoms with Crippen LogP contribution in [0.1, 0.15) is 17.5 Å². The Labute approximate surface area is 105 Å². The van der Waals surface area contributed by atoms with Crippen LogP contribution < -0.4 is 5.32 Å². The van der Waals surface area contributed by atoms with Gasteiger partial charge >= 0.3 is 0 Å². The van der Waals surface area contributed by atoms with Gasteiger partial charge in [-0.05, 0) is 43.5 Å². The maximum absolute atomic E-state index is 11.7. The van der Waals surface area contributed by atoms with E-state index in [-0.39, 0.29) is 11.8 Å². The summed E-state index contributed by atoms with van der Waals surface area (Å²) in [5.74, 6) is -0.384. The standard InChI is InChI=1S/C12H13Cl2NO/c1-7-3-4-9(5-8(7)2)15-11(16)10-6-12(10,13)14/h3-5,10H,6H2,1-2H3,(H,15,16)/t10-/m1/s1. The number of anilines is 1. The predicted molar refractivity (Wildman–Crippen MR) is 67.1 cm³/mol. The van der Waals surface area contributed by atoms with Gasteiger partial charge in [-0.25, -0.2) is 0 Å². The summed E-state index contributed by atoms with van der Waals surface area (Å²) in [6.07, 6.45) is 0.535. The zero-order chi connectivity index (χ0) is 11.9. The molecule has 2 rings (SSSR count). The number of rotatable bonds is 2. The first-order valence-electron chi connectivity index (χ1n) is 5.16. The number of halogens is 2. The van der Waals surface area contributed by atoms with Crippen molar-refractivity contribution in [1.82, 2.24) is 0 Å². The van der Waals surface area contributed by atoms with Crippen LogP contribution in [0.4, 0.5) is 5.69 Å². The van der Waals surface area contributed by atoms with Gasteiger partial charge in [-0.3, -0.25) is 4.79 Å². The molecule has 1 N–H and O–H groups in total. The maximum atomic E-state index is 11.7. The number of benzene rings is 1. The van der Waals surface area contributed by atoms with E-state index < -0.39 is 4.33 Å². The van der Waals surface area contributed by atoms with Crippen LogP contribution >= 0.6 is 23.2 Å². The Balaban J connectivity index is 2.05. The summed E-state index contributed by atoms with van der Waals surface area (Å²) in [6, 6.07) is 5.80. The molecule has 0 bridgehead atoms. The Hall–Kier alpha value is -0.730. The third-order valence-electron chi connectivity index (χ3n) is 2.92. The molecular formula is C12H13Cl2NO. The SMILES string of the molecule is Cc1ccc(NC(=O)[C@H]2CC2(Cl)Cl)cc1C. The van der Waals surface area contributed by atoms with E-state index in [1.54, 1.807) is 0 Å². The highest BCUT2D eigenvalue weighted by Crippen LogP contribution is 2.53. The number of nitrogens with one attached hydrogen (secondary N) is 1. The maximum Gasteiger partial charge on any atom is 0.230 e. The van der Waals surface area contributed by atoms with E-state index >= 15 is 0 Å². The van der Waals surface area contributed by atoms with E-state index in [0.29, 0.717) is 6.42 Å². The van der Waals surface area contributed by atoms with Crippen molar-refractivity contribution in [2.24, 2.45) is 5.92 Å². The minimum absolute atomic E-state index is 0.103. The number of amides is 1. The summed E-state index contributed by atoms with van der Waals surface area (Å²) < 4.78 is -0.857. The molecule has 1 atom stereocenters. The molecule has 2 nitrogen and oxygen atoms in total. The summed E-state index contributed by atoms with van der Waals surface area (Å²) in [5.41, 5.74) is 3.15. The molecule has 1 fully saturated rings. The molecule has 0 aromatic heterocycles. The van der Waals surface area contributed by atoms with E-state index in [4.69, 9.17) is 23.2 Å². The Bertz CT molecular complexity index is 443. The van der Waals surface area contributed by atoms with Crippen molar-refractivity contribution < 1.29 is 4.79 Å². The van der Waals surface area contributed by atoms with Gasteiger partial charge in [0, 0.05) is 5.69 Å². The molecule has 0 saturated heterocycles. The third kappa shape index (κ3) is 2.33. The van der Waals surface area contributed by atoms with Crippen LogP contribution in [-0.4, -0.2) is 10.2 Å². The minimum atomic E-state index is -0.857. The Kier molecular flexibility index (Phi) is 2.89. The molecule has 16 heavy (non-hydrogen) atoms. The molecule has 1 aliphatic rings. The first-order valence-corrected chi connectivity index (χ1v) is 5.92. The van der Waals surface area contributed by atoms with E-state index in [9.17, 15) is 4.79 Å². The van der Waals surface area contributed by atoms with Crippen LogP contribution in [-0.2, 0) is 4.79 Å². The monoisotopic (exact) mass is 257 g/mol. The van der Waals surface area contributed by atoms with Gasteiger partial charge in [-0.15, -0.1) is 23.2 Å². The Morgan fingerprint density at radius 3 is 2.50 bits per heavy atom. The molecule has 4 heteroatoms. The second-order valence-electron chi connectivity index (χ2n) is 4.31. The van der Waals surface area contributed by atoms with Gasteiger partial charge in [0.1, 0.15) is 4.33 Å². The Morgan fingerprint density at radius 2 is 2.00 bits per heavy atom. The van der Waals surface area contributed by atoms with Gasteiger partial charge in [0.15, 0.2) is 0 Å². The largest absolute Gasteiger partial charge is 0.326 e. The zero-order valence-electron chi connectivity index (χ0n) is 9.18. The number of hydrogen-bond acceptors (Lipinski definition) is 1. The molecule has 86 valence electrons. The molecule has 1 aromatic carbocycles. The average molecular weight is 258 g/mol. The summed E-state index contributed by atoms with van der Waals surface area (Å²) in [7, 11) is 0. The van der Waals surface area contributed by atoms with E-state index in [2.05, 4.69) is 5.32 Å². The lowest BCUT2D eigenvalue weighted by Crippen LogP contribution is -2.16. The average Bonchev–Trinajstić information content (AvgIpc) is 2.82. The van der Waals surface area contributed by atoms with E-state index in [1.807, 2.05) is 32.0 Å². The van der Waals surface area contributed by atoms with Crippen molar-refractivity contribution in [2.75, 3.05) is 5.32 Å². The highest BCUT2D eigenvalue weighted by Gasteiger charge is 2.56. The molecule has 0 unspecified atom stereocenters. The van der Waals surface area contributed by atoms with Crippen LogP contribution in [0.25, 0.3) is 0 Å². The van der Waals surface area contributed by atoms with Gasteiger partial charge in [0.25, 0.3) is 0 Å². The highest BCUT2D eigenvalue weighted by atomic mass is 35.5. The lowest BCUT2D eigenvalue weighted by Gasteiger charge is -2.07. The van der Waals surface area contributed by atoms with Gasteiger partial charge in [0.05, 0.1) is 5.92 Å². The second kappa shape index (κ2) is 3.94. The van der Waals surface area contributed by atoms with Crippen molar-refractivity contribution in [1.29, 1.82) is 0 Å². The fraction of sp³-hybridized carbons (Fsp3) is 0.417. The molecule has 1 aromatic rings. The summed E-state index contributed by atoms with van der Waals surface area (Å²) in [4.78, 5) is 11.7. The van der Waals surface area contributed by atoms with Crippen LogP contribution in [0.3, 0.4) is 0 Å². The van der Waals surface area contributed by atoms with Gasteiger partial charge < -0.3 is 5.32 Å². The van der Waals surface area contributed by atoms with Crippen molar-refractivity contribution in [3.8, 4) is 0 Å². The normalized spacial score (nSPS) is 21.6. The van der Waals surface area contributed by atoms with Crippen LogP contribution in [0.2, 0.25) is 0 Å². The number of hydrogen-bond donors (Lipinski definition) is 1. The van der Waals surface area contributed by atoms with Gasteiger partial charge in [-0.2, -0.15) is 0 Å². The Morgan fingerprint density at radius 1 is 1.38 bits per heavy atom. The van der Waals surface area contributed by atoms with Crippen LogP contribution in [0.15, 0.2) is 18.2 Å². The molecule has 0 spiro atoms. The smallest absolute Gasteiger partial charge is 0.230 e. The van der Waals surface area contributed by atoms with Crippen molar-refractivity contribution in [2.45, 2.75) is 24.6 Å². The van der Waals surface area contributed by atoms with Gasteiger partial charge in [-0.1, -0.05) is 6.07 Å². The molecule has 1 saturated carbocycles. The third-order valence-corrected chi connectivity index (χ3v) is 3.75. The lowest BCUT2D eigenvalue weighted by atomic mass is 10.1. The van der Waals surface area contributed by atoms with Gasteiger partial charge in [0.2, 0.25) is 5.91 Å². The lowest BCUT2D eigenvalue weighted by molar-refractivity contribution is -0.117. The number of aryl methyl sites for hydroxylation is 2. The van der Waals surface area contributed by atoms with E-state index in [1.165, 1.54) is 5.56 Å². The fourth-order valence-corrected chi connectivity index (χ4v) is 2.05. The molecular weight excluding hydrogens is 245 g/mol. The summed E-state index contributed by atoms with van der Waals surface area (Å²) in [5, 5.41) is 2.82. The van der Waals surface area contributed by atoms with Crippen molar-refractivity contribution >= 4 is 34.8 Å². The number of carbonyl (C=O) groups excluding carboxylic acids is 1. The van der Waals surface area contributed by atoms with Crippen molar-refractivity contribution in [3.63, 3.8) is 0 Å². The molecule has 0 radical (unpaired) electrons. The summed E-state index contributed by atoms with van der Waals surface area (Å²) in [6.45, 7) is 4.04. The zero-order valence-corrected chi connectivity index (χ0v) is 10.7. The summed E-state index contributed by atoms with van der Waals surface area (Å²) >= 11 is 11.7. The number of carbonyl (C=O) groups is 1. The fourth-order valence-electron chi connectivity index (χ4n) is 1.55. The quantitative estimate of drug-likeness (QED) is 0.809. The highest BCUT2D eigenvalue weighted by molar-refractivity contribution is 6.52. The first kappa shape index (κ1) is 11.7. The van der Waals surface area contributed by atoms with E-state index in [0.717, 1.165) is 11.3 Å². The van der Waals surface area contributed by atoms with Crippen LogP contribution in [0.5, 0.6) is 0 Å².